The number of amides is 1. The predicted molar refractivity (Wildman–Crippen MR) is 78.0 cm³/mol. The Morgan fingerprint density at radius 3 is 2.45 bits per heavy atom. The first-order valence-corrected chi connectivity index (χ1v) is 6.73. The summed E-state index contributed by atoms with van der Waals surface area (Å²) in [6, 6.07) is 2.98. The Hall–Kier alpha value is -1.62. The molecule has 0 aliphatic heterocycles. The summed E-state index contributed by atoms with van der Waals surface area (Å²) in [5.41, 5.74) is 6.88. The molecule has 1 amide bonds. The third-order valence-electron chi connectivity index (χ3n) is 3.03. The first-order chi connectivity index (χ1) is 9.22. The van der Waals surface area contributed by atoms with E-state index in [2.05, 4.69) is 0 Å². The lowest BCUT2D eigenvalue weighted by molar-refractivity contribution is -0.116. The van der Waals surface area contributed by atoms with Crippen LogP contribution in [0.2, 0.25) is 0 Å². The molecule has 0 saturated carbocycles. The highest BCUT2D eigenvalue weighted by molar-refractivity contribution is 5.80. The molecule has 1 rings (SSSR count). The molecule has 1 aromatic carbocycles. The molecule has 112 valence electrons. The molecule has 0 unspecified atom stereocenters. The van der Waals surface area contributed by atoms with Crippen molar-refractivity contribution in [2.45, 2.75) is 33.8 Å². The van der Waals surface area contributed by atoms with Crippen molar-refractivity contribution in [1.29, 1.82) is 0 Å². The van der Waals surface area contributed by atoms with Gasteiger partial charge in [0, 0.05) is 17.8 Å². The van der Waals surface area contributed by atoms with Gasteiger partial charge in [-0.2, -0.15) is 0 Å². The molecule has 0 aliphatic rings. The summed E-state index contributed by atoms with van der Waals surface area (Å²) >= 11 is 0. The minimum Gasteiger partial charge on any atom is -0.389 e. The van der Waals surface area contributed by atoms with Crippen LogP contribution in [0.3, 0.4) is 0 Å². The normalized spacial score (nSPS) is 12.6. The number of anilines is 1. The van der Waals surface area contributed by atoms with Crippen LogP contribution in [0.5, 0.6) is 0 Å². The highest BCUT2D eigenvalue weighted by atomic mass is 19.1. The molecule has 0 fully saturated rings. The van der Waals surface area contributed by atoms with E-state index in [4.69, 9.17) is 5.73 Å². The van der Waals surface area contributed by atoms with Crippen LogP contribution >= 0.6 is 0 Å². The third kappa shape index (κ3) is 4.20. The first kappa shape index (κ1) is 16.4. The van der Waals surface area contributed by atoms with E-state index >= 15 is 0 Å². The summed E-state index contributed by atoms with van der Waals surface area (Å²) < 4.78 is 13.7. The number of hydrogen-bond donors (Lipinski definition) is 2. The molecular formula is C15H23FN2O2. The Morgan fingerprint density at radius 1 is 1.40 bits per heavy atom. The number of benzene rings is 1. The molecule has 4 nitrogen and oxygen atoms in total. The first-order valence-electron chi connectivity index (χ1n) is 6.73. The largest absolute Gasteiger partial charge is 0.389 e. The van der Waals surface area contributed by atoms with Crippen LogP contribution in [-0.4, -0.2) is 24.1 Å². The highest BCUT2D eigenvalue weighted by Crippen LogP contribution is 2.29. The van der Waals surface area contributed by atoms with Crippen LogP contribution in [0, 0.1) is 18.7 Å². The lowest BCUT2D eigenvalue weighted by atomic mass is 10.0. The predicted octanol–water partition coefficient (Wildman–Crippen LogP) is 2.14. The van der Waals surface area contributed by atoms with Crippen molar-refractivity contribution in [2.24, 2.45) is 11.7 Å². The van der Waals surface area contributed by atoms with E-state index in [1.54, 1.807) is 24.8 Å². The number of nitrogens with zero attached hydrogens (tertiary/aromatic N) is 1. The van der Waals surface area contributed by atoms with Gasteiger partial charge in [0.15, 0.2) is 0 Å². The maximum absolute atomic E-state index is 13.7. The number of hydrogen-bond acceptors (Lipinski definition) is 3. The van der Waals surface area contributed by atoms with Crippen LogP contribution in [0.15, 0.2) is 12.1 Å². The molecule has 1 aromatic rings. The number of carbonyl (C=O) groups excluding carboxylic acids is 1. The van der Waals surface area contributed by atoms with Gasteiger partial charge in [-0.05, 0) is 37.5 Å². The fourth-order valence-corrected chi connectivity index (χ4v) is 2.17. The van der Waals surface area contributed by atoms with Gasteiger partial charge in [-0.1, -0.05) is 13.8 Å². The summed E-state index contributed by atoms with van der Waals surface area (Å²) in [6.07, 6.45) is -0.817. The second-order valence-electron chi connectivity index (χ2n) is 5.58. The molecular weight excluding hydrogens is 259 g/mol. The Balaban J connectivity index is 3.29. The van der Waals surface area contributed by atoms with Crippen LogP contribution < -0.4 is 10.6 Å². The maximum atomic E-state index is 13.7. The zero-order chi connectivity index (χ0) is 15.4. The van der Waals surface area contributed by atoms with Gasteiger partial charge in [0.05, 0.1) is 12.6 Å². The van der Waals surface area contributed by atoms with Gasteiger partial charge in [-0.3, -0.25) is 4.79 Å². The van der Waals surface area contributed by atoms with E-state index in [9.17, 15) is 14.3 Å². The van der Waals surface area contributed by atoms with E-state index in [0.717, 1.165) is 0 Å². The second-order valence-corrected chi connectivity index (χ2v) is 5.58. The van der Waals surface area contributed by atoms with E-state index in [1.165, 1.54) is 6.07 Å². The van der Waals surface area contributed by atoms with Gasteiger partial charge in [0.25, 0.3) is 0 Å². The SMILES string of the molecule is Cc1cc(N(CC(N)=O)CC(C)C)c([C@@H](C)O)cc1F. The molecule has 1 atom stereocenters. The number of aryl methyl sites for hydroxylation is 1. The van der Waals surface area contributed by atoms with E-state index in [-0.39, 0.29) is 12.4 Å². The van der Waals surface area contributed by atoms with Crippen molar-refractivity contribution >= 4 is 11.6 Å². The van der Waals surface area contributed by atoms with Crippen LogP contribution in [0.1, 0.15) is 38.0 Å². The average molecular weight is 282 g/mol. The number of nitrogens with two attached hydrogens (primary N) is 1. The van der Waals surface area contributed by atoms with Gasteiger partial charge in [-0.15, -0.1) is 0 Å². The number of halogens is 1. The molecule has 0 aliphatic carbocycles. The average Bonchev–Trinajstić information content (AvgIpc) is 2.29. The Morgan fingerprint density at radius 2 is 2.00 bits per heavy atom. The number of aliphatic hydroxyl groups excluding tert-OH is 1. The Bertz CT molecular complexity index is 487. The maximum Gasteiger partial charge on any atom is 0.236 e. The highest BCUT2D eigenvalue weighted by Gasteiger charge is 2.19. The molecule has 0 heterocycles. The molecule has 3 N–H and O–H groups in total. The van der Waals surface area contributed by atoms with Gasteiger partial charge in [0.1, 0.15) is 5.82 Å². The Kier molecular flexibility index (Phi) is 5.51. The van der Waals surface area contributed by atoms with Crippen LogP contribution in [-0.2, 0) is 4.79 Å². The summed E-state index contributed by atoms with van der Waals surface area (Å²) in [6.45, 7) is 7.92. The van der Waals surface area contributed by atoms with Crippen molar-refractivity contribution in [3.63, 3.8) is 0 Å². The minimum atomic E-state index is -0.817. The van der Waals surface area contributed by atoms with Crippen molar-refractivity contribution in [3.05, 3.63) is 29.1 Å². The summed E-state index contributed by atoms with van der Waals surface area (Å²) in [5.74, 6) is -0.515. The van der Waals surface area contributed by atoms with Crippen molar-refractivity contribution < 1.29 is 14.3 Å². The third-order valence-corrected chi connectivity index (χ3v) is 3.03. The second kappa shape index (κ2) is 6.70. The van der Waals surface area contributed by atoms with Crippen molar-refractivity contribution in [2.75, 3.05) is 18.0 Å². The van der Waals surface area contributed by atoms with E-state index in [1.807, 2.05) is 13.8 Å². The smallest absolute Gasteiger partial charge is 0.236 e. The number of carbonyl (C=O) groups is 1. The van der Waals surface area contributed by atoms with Gasteiger partial charge < -0.3 is 15.7 Å². The molecule has 0 aromatic heterocycles. The van der Waals surface area contributed by atoms with Gasteiger partial charge >= 0.3 is 0 Å². The monoisotopic (exact) mass is 282 g/mol. The molecule has 20 heavy (non-hydrogen) atoms. The zero-order valence-electron chi connectivity index (χ0n) is 12.5. The number of aliphatic hydroxyl groups is 1. The molecule has 0 spiro atoms. The van der Waals surface area contributed by atoms with E-state index < -0.39 is 12.0 Å². The standard InChI is InChI=1S/C15H23FN2O2/c1-9(2)7-18(8-15(17)20)14-5-10(3)13(16)6-12(14)11(4)19/h5-6,9,11,19H,7-8H2,1-4H3,(H2,17,20)/t11-/m1/s1. The Labute approximate surface area is 119 Å². The number of primary amides is 1. The summed E-state index contributed by atoms with van der Waals surface area (Å²) in [7, 11) is 0. The van der Waals surface area contributed by atoms with Crippen LogP contribution in [0.4, 0.5) is 10.1 Å². The van der Waals surface area contributed by atoms with Gasteiger partial charge in [0.2, 0.25) is 5.91 Å². The summed E-state index contributed by atoms with van der Waals surface area (Å²) in [5, 5.41) is 9.83. The molecule has 5 heteroatoms. The molecule has 0 radical (unpaired) electrons. The fourth-order valence-electron chi connectivity index (χ4n) is 2.17. The van der Waals surface area contributed by atoms with Crippen LogP contribution in [0.25, 0.3) is 0 Å². The molecule has 0 bridgehead atoms. The fraction of sp³-hybridized carbons (Fsp3) is 0.533. The zero-order valence-corrected chi connectivity index (χ0v) is 12.5. The lowest BCUT2D eigenvalue weighted by Crippen LogP contribution is -2.37. The lowest BCUT2D eigenvalue weighted by Gasteiger charge is -2.29. The van der Waals surface area contributed by atoms with E-state index in [0.29, 0.717) is 29.3 Å². The minimum absolute atomic E-state index is 0.0446. The quantitative estimate of drug-likeness (QED) is 0.840. The van der Waals surface area contributed by atoms with Crippen molar-refractivity contribution in [1.82, 2.24) is 0 Å². The van der Waals surface area contributed by atoms with Gasteiger partial charge in [-0.25, -0.2) is 4.39 Å². The van der Waals surface area contributed by atoms with Crippen molar-refractivity contribution in [3.8, 4) is 0 Å². The number of rotatable bonds is 6. The topological polar surface area (TPSA) is 66.6 Å². The molecule has 0 saturated heterocycles. The summed E-state index contributed by atoms with van der Waals surface area (Å²) in [4.78, 5) is 13.0.